The Hall–Kier alpha value is -2.32. The molecule has 0 bridgehead atoms. The number of nitrogens with one attached hydrogen (secondary N) is 1. The van der Waals surface area contributed by atoms with Gasteiger partial charge in [0.1, 0.15) is 11.6 Å². The van der Waals surface area contributed by atoms with Crippen LogP contribution < -0.4 is 4.72 Å². The highest BCUT2D eigenvalue weighted by molar-refractivity contribution is 7.89. The molecule has 5 nitrogen and oxygen atoms in total. The van der Waals surface area contributed by atoms with Crippen LogP contribution in [0.1, 0.15) is 18.1 Å². The molecule has 0 fully saturated rings. The second-order valence-electron chi connectivity index (χ2n) is 6.16. The average molecular weight is 396 g/mol. The summed E-state index contributed by atoms with van der Waals surface area (Å²) in [7, 11) is -3.82. The molecule has 0 radical (unpaired) electrons. The fraction of sp³-hybridized carbons (Fsp3) is 0.316. The number of aryl methyl sites for hydroxylation is 1. The summed E-state index contributed by atoms with van der Waals surface area (Å²) in [6.45, 7) is 3.29. The lowest BCUT2D eigenvalue weighted by molar-refractivity contribution is -0.128. The first-order valence-corrected chi connectivity index (χ1v) is 9.94. The Morgan fingerprint density at radius 3 is 2.44 bits per heavy atom. The molecule has 0 aliphatic heterocycles. The Kier molecular flexibility index (Phi) is 7.04. The molecule has 0 unspecified atom stereocenters. The molecule has 8 heteroatoms. The second kappa shape index (κ2) is 9.05. The molecular weight excluding hydrogens is 374 g/mol. The third-order valence-corrected chi connectivity index (χ3v) is 5.78. The summed E-state index contributed by atoms with van der Waals surface area (Å²) in [6.07, 6.45) is 0.329. The predicted octanol–water partition coefficient (Wildman–Crippen LogP) is 2.64. The number of halogens is 2. The van der Waals surface area contributed by atoms with E-state index in [9.17, 15) is 22.0 Å². The van der Waals surface area contributed by atoms with Crippen molar-refractivity contribution < 1.29 is 22.0 Å². The van der Waals surface area contributed by atoms with Crippen molar-refractivity contribution in [3.8, 4) is 0 Å². The van der Waals surface area contributed by atoms with Crippen LogP contribution in [-0.2, 0) is 21.2 Å². The molecule has 2 rings (SSSR count). The van der Waals surface area contributed by atoms with Crippen molar-refractivity contribution in [2.75, 3.05) is 19.6 Å². The van der Waals surface area contributed by atoms with E-state index >= 15 is 0 Å². The Labute approximate surface area is 158 Å². The average Bonchev–Trinajstić information content (AvgIpc) is 2.58. The van der Waals surface area contributed by atoms with Crippen LogP contribution in [0.5, 0.6) is 0 Å². The Bertz CT molecular complexity index is 917. The Morgan fingerprint density at radius 2 is 1.81 bits per heavy atom. The summed E-state index contributed by atoms with van der Waals surface area (Å²) in [5.74, 6) is -1.08. The van der Waals surface area contributed by atoms with Crippen molar-refractivity contribution in [1.82, 2.24) is 9.62 Å². The van der Waals surface area contributed by atoms with Crippen molar-refractivity contribution in [2.45, 2.75) is 25.2 Å². The van der Waals surface area contributed by atoms with Gasteiger partial charge >= 0.3 is 0 Å². The number of hydrogen-bond donors (Lipinski definition) is 1. The first-order valence-electron chi connectivity index (χ1n) is 8.45. The van der Waals surface area contributed by atoms with Crippen LogP contribution >= 0.6 is 0 Å². The number of amides is 1. The molecule has 0 atom stereocenters. The fourth-order valence-electron chi connectivity index (χ4n) is 2.69. The zero-order valence-corrected chi connectivity index (χ0v) is 16.0. The van der Waals surface area contributed by atoms with Gasteiger partial charge in [0.15, 0.2) is 0 Å². The van der Waals surface area contributed by atoms with Gasteiger partial charge in [-0.15, -0.1) is 0 Å². The summed E-state index contributed by atoms with van der Waals surface area (Å²) in [6, 6.07) is 9.74. The smallest absolute Gasteiger partial charge is 0.240 e. The maximum Gasteiger partial charge on any atom is 0.240 e. The molecule has 0 saturated heterocycles. The molecule has 27 heavy (non-hydrogen) atoms. The van der Waals surface area contributed by atoms with Gasteiger partial charge in [0.2, 0.25) is 15.9 Å². The minimum Gasteiger partial charge on any atom is -0.341 e. The summed E-state index contributed by atoms with van der Waals surface area (Å²) in [5, 5.41) is 0. The lowest BCUT2D eigenvalue weighted by Gasteiger charge is -2.21. The minimum absolute atomic E-state index is 0.00397. The van der Waals surface area contributed by atoms with Gasteiger partial charge in [0.05, 0.1) is 4.90 Å². The molecule has 0 aliphatic carbocycles. The van der Waals surface area contributed by atoms with Gasteiger partial charge in [-0.3, -0.25) is 4.79 Å². The topological polar surface area (TPSA) is 66.5 Å². The van der Waals surface area contributed by atoms with Crippen LogP contribution in [0.25, 0.3) is 0 Å². The molecule has 2 aromatic rings. The number of hydrogen-bond acceptors (Lipinski definition) is 3. The van der Waals surface area contributed by atoms with Crippen molar-refractivity contribution >= 4 is 15.9 Å². The van der Waals surface area contributed by atoms with Crippen LogP contribution in [0.3, 0.4) is 0 Å². The third-order valence-electron chi connectivity index (χ3n) is 4.15. The molecule has 0 saturated carbocycles. The molecule has 1 amide bonds. The van der Waals surface area contributed by atoms with E-state index in [1.807, 2.05) is 0 Å². The van der Waals surface area contributed by atoms with Crippen LogP contribution in [-0.4, -0.2) is 38.9 Å². The van der Waals surface area contributed by atoms with Crippen molar-refractivity contribution in [3.63, 3.8) is 0 Å². The van der Waals surface area contributed by atoms with Crippen molar-refractivity contribution in [1.29, 1.82) is 0 Å². The summed E-state index contributed by atoms with van der Waals surface area (Å²) < 4.78 is 53.9. The molecule has 146 valence electrons. The van der Waals surface area contributed by atoms with E-state index in [0.717, 1.165) is 12.1 Å². The van der Waals surface area contributed by atoms with E-state index < -0.39 is 15.8 Å². The van der Waals surface area contributed by atoms with Gasteiger partial charge in [-0.1, -0.05) is 18.2 Å². The molecule has 0 spiro atoms. The summed E-state index contributed by atoms with van der Waals surface area (Å²) >= 11 is 0. The lowest BCUT2D eigenvalue weighted by atomic mass is 10.1. The molecule has 1 N–H and O–H groups in total. The zero-order chi connectivity index (χ0) is 20.0. The summed E-state index contributed by atoms with van der Waals surface area (Å²) in [4.78, 5) is 13.2. The number of carbonyl (C=O) groups excluding carboxylic acids is 1. The van der Waals surface area contributed by atoms with Crippen LogP contribution in [0.15, 0.2) is 47.4 Å². The van der Waals surface area contributed by atoms with Gasteiger partial charge in [0, 0.05) is 26.6 Å². The first kappa shape index (κ1) is 21.0. The zero-order valence-electron chi connectivity index (χ0n) is 15.2. The van der Waals surface area contributed by atoms with Crippen molar-refractivity contribution in [3.05, 3.63) is 65.2 Å². The monoisotopic (exact) mass is 396 g/mol. The number of carbonyl (C=O) groups is 1. The highest BCUT2D eigenvalue weighted by atomic mass is 32.2. The highest BCUT2D eigenvalue weighted by Crippen LogP contribution is 2.15. The van der Waals surface area contributed by atoms with Gasteiger partial charge in [0.25, 0.3) is 0 Å². The highest BCUT2D eigenvalue weighted by Gasteiger charge is 2.18. The van der Waals surface area contributed by atoms with E-state index in [1.165, 1.54) is 30.9 Å². The maximum atomic E-state index is 13.7. The normalized spacial score (nSPS) is 11.4. The minimum atomic E-state index is -3.82. The number of benzene rings is 2. The number of nitrogens with zero attached hydrogens (tertiary/aromatic N) is 1. The van der Waals surface area contributed by atoms with Gasteiger partial charge in [-0.25, -0.2) is 21.9 Å². The Balaban J connectivity index is 1.95. The maximum absolute atomic E-state index is 13.7. The molecule has 0 heterocycles. The number of rotatable bonds is 8. The van der Waals surface area contributed by atoms with Crippen molar-refractivity contribution in [2.24, 2.45) is 0 Å². The Morgan fingerprint density at radius 1 is 1.11 bits per heavy atom. The fourth-order valence-corrected chi connectivity index (χ4v) is 3.94. The van der Waals surface area contributed by atoms with E-state index in [2.05, 4.69) is 4.72 Å². The molecule has 0 aromatic heterocycles. The molecular formula is C19H22F2N2O3S. The predicted molar refractivity (Wildman–Crippen MR) is 98.7 cm³/mol. The van der Waals surface area contributed by atoms with Gasteiger partial charge in [-0.05, 0) is 48.7 Å². The summed E-state index contributed by atoms with van der Waals surface area (Å²) in [5.41, 5.74) is 0.789. The quantitative estimate of drug-likeness (QED) is 0.746. The molecule has 2 aromatic carbocycles. The third kappa shape index (κ3) is 5.83. The van der Waals surface area contributed by atoms with Crippen LogP contribution in [0.2, 0.25) is 0 Å². The first-order chi connectivity index (χ1) is 12.7. The largest absolute Gasteiger partial charge is 0.341 e. The lowest BCUT2D eigenvalue weighted by Crippen LogP contribution is -2.38. The van der Waals surface area contributed by atoms with E-state index in [4.69, 9.17) is 0 Å². The molecule has 0 aliphatic rings. The van der Waals surface area contributed by atoms with E-state index in [0.29, 0.717) is 17.5 Å². The van der Waals surface area contributed by atoms with Crippen LogP contribution in [0, 0.1) is 18.6 Å². The SMILES string of the molecule is CC(=O)N(CCNS(=O)(=O)c1ccc(F)cc1C)CCc1ccccc1F. The van der Waals surface area contributed by atoms with Crippen LogP contribution in [0.4, 0.5) is 8.78 Å². The van der Waals surface area contributed by atoms with E-state index in [1.54, 1.807) is 18.2 Å². The second-order valence-corrected chi connectivity index (χ2v) is 7.89. The van der Waals surface area contributed by atoms with Gasteiger partial charge < -0.3 is 4.90 Å². The number of sulfonamides is 1. The van der Waals surface area contributed by atoms with Gasteiger partial charge in [-0.2, -0.15) is 0 Å². The van der Waals surface area contributed by atoms with E-state index in [-0.39, 0.29) is 36.3 Å². The standard InChI is InChI=1S/C19H22F2N2O3S/c1-14-13-17(20)7-8-19(14)27(25,26)22-10-12-23(15(2)24)11-9-16-5-3-4-6-18(16)21/h3-8,13,22H,9-12H2,1-2H3.